The molecular weight excluding hydrogens is 420 g/mol. The van der Waals surface area contributed by atoms with Crippen molar-refractivity contribution >= 4 is 16.9 Å². The van der Waals surface area contributed by atoms with Gasteiger partial charge >= 0.3 is 6.43 Å². The topological polar surface area (TPSA) is 117 Å². The molecule has 0 spiro atoms. The Morgan fingerprint density at radius 2 is 2.22 bits per heavy atom. The molecule has 11 heteroatoms. The second-order valence-corrected chi connectivity index (χ2v) is 7.31. The highest BCUT2D eigenvalue weighted by atomic mass is 19.3. The van der Waals surface area contributed by atoms with Gasteiger partial charge in [0, 0.05) is 31.3 Å². The SMILES string of the molecule is N#Cc1cccc(-c2c[nH]c3ncnc(N4CCOC(Cc5noc(C(F)F)n5)C4)c23)c1. The molecule has 1 aliphatic rings. The number of nitrogens with one attached hydrogen (secondary N) is 1. The largest absolute Gasteiger partial charge is 0.374 e. The van der Waals surface area contributed by atoms with E-state index in [2.05, 4.69) is 40.6 Å². The van der Waals surface area contributed by atoms with Crippen molar-refractivity contribution in [3.8, 4) is 17.2 Å². The van der Waals surface area contributed by atoms with Crippen LogP contribution in [0, 0.1) is 11.3 Å². The van der Waals surface area contributed by atoms with Gasteiger partial charge in [-0.2, -0.15) is 19.0 Å². The molecule has 5 rings (SSSR count). The van der Waals surface area contributed by atoms with Gasteiger partial charge in [-0.3, -0.25) is 0 Å². The first-order valence-corrected chi connectivity index (χ1v) is 9.92. The average Bonchev–Trinajstić information content (AvgIpc) is 3.46. The van der Waals surface area contributed by atoms with Gasteiger partial charge in [0.2, 0.25) is 0 Å². The van der Waals surface area contributed by atoms with Crippen LogP contribution in [0.15, 0.2) is 41.3 Å². The first-order chi connectivity index (χ1) is 15.6. The van der Waals surface area contributed by atoms with E-state index in [1.165, 1.54) is 6.33 Å². The minimum Gasteiger partial charge on any atom is -0.374 e. The van der Waals surface area contributed by atoms with Crippen molar-refractivity contribution in [2.45, 2.75) is 19.0 Å². The number of H-pyrrole nitrogens is 1. The molecular formula is C21H17F2N7O2. The van der Waals surface area contributed by atoms with Crippen LogP contribution in [0.5, 0.6) is 0 Å². The molecule has 1 saturated heterocycles. The molecule has 1 fully saturated rings. The Morgan fingerprint density at radius 1 is 1.31 bits per heavy atom. The maximum Gasteiger partial charge on any atom is 0.315 e. The van der Waals surface area contributed by atoms with Gasteiger partial charge in [-0.05, 0) is 17.7 Å². The van der Waals surface area contributed by atoms with Crippen molar-refractivity contribution < 1.29 is 18.0 Å². The lowest BCUT2D eigenvalue weighted by molar-refractivity contribution is 0.0393. The fourth-order valence-corrected chi connectivity index (χ4v) is 3.85. The van der Waals surface area contributed by atoms with Crippen molar-refractivity contribution in [2.24, 2.45) is 0 Å². The lowest BCUT2D eigenvalue weighted by Gasteiger charge is -2.33. The Balaban J connectivity index is 1.45. The van der Waals surface area contributed by atoms with Gasteiger partial charge in [0.15, 0.2) is 5.82 Å². The summed E-state index contributed by atoms with van der Waals surface area (Å²) in [5.74, 6) is 0.209. The minimum atomic E-state index is -2.80. The van der Waals surface area contributed by atoms with Crippen LogP contribution >= 0.6 is 0 Å². The predicted molar refractivity (Wildman–Crippen MR) is 109 cm³/mol. The number of morpholine rings is 1. The van der Waals surface area contributed by atoms with E-state index in [0.717, 1.165) is 22.3 Å². The minimum absolute atomic E-state index is 0.177. The second-order valence-electron chi connectivity index (χ2n) is 7.31. The fraction of sp³-hybridized carbons (Fsp3) is 0.286. The molecule has 32 heavy (non-hydrogen) atoms. The Morgan fingerprint density at radius 3 is 3.03 bits per heavy atom. The zero-order valence-corrected chi connectivity index (χ0v) is 16.7. The monoisotopic (exact) mass is 437 g/mol. The summed E-state index contributed by atoms with van der Waals surface area (Å²) < 4.78 is 35.8. The maximum absolute atomic E-state index is 12.7. The smallest absolute Gasteiger partial charge is 0.315 e. The van der Waals surface area contributed by atoms with Crippen LogP contribution in [0.4, 0.5) is 14.6 Å². The van der Waals surface area contributed by atoms with Gasteiger partial charge in [-0.1, -0.05) is 17.3 Å². The Bertz CT molecular complexity index is 1300. The summed E-state index contributed by atoms with van der Waals surface area (Å²) in [7, 11) is 0. The van der Waals surface area contributed by atoms with Crippen molar-refractivity contribution in [3.63, 3.8) is 0 Å². The van der Waals surface area contributed by atoms with Crippen LogP contribution in [-0.2, 0) is 11.2 Å². The number of hydrogen-bond acceptors (Lipinski definition) is 8. The molecule has 0 saturated carbocycles. The molecule has 9 nitrogen and oxygen atoms in total. The number of hydrogen-bond donors (Lipinski definition) is 1. The van der Waals surface area contributed by atoms with E-state index in [-0.39, 0.29) is 18.3 Å². The van der Waals surface area contributed by atoms with Gasteiger partial charge in [0.05, 0.1) is 29.7 Å². The van der Waals surface area contributed by atoms with Gasteiger partial charge in [0.25, 0.3) is 5.89 Å². The summed E-state index contributed by atoms with van der Waals surface area (Å²) in [6.07, 6.45) is 0.456. The van der Waals surface area contributed by atoms with Crippen LogP contribution in [-0.4, -0.2) is 50.9 Å². The van der Waals surface area contributed by atoms with Crippen LogP contribution in [0.25, 0.3) is 22.2 Å². The molecule has 1 atom stereocenters. The first-order valence-electron chi connectivity index (χ1n) is 9.92. The molecule has 1 N–H and O–H groups in total. The molecule has 0 aliphatic carbocycles. The number of nitrogens with zero attached hydrogens (tertiary/aromatic N) is 6. The van der Waals surface area contributed by atoms with Crippen molar-refractivity contribution in [2.75, 3.05) is 24.6 Å². The third kappa shape index (κ3) is 3.76. The second kappa shape index (κ2) is 8.32. The van der Waals surface area contributed by atoms with E-state index < -0.39 is 12.3 Å². The van der Waals surface area contributed by atoms with E-state index in [0.29, 0.717) is 30.9 Å². The molecule has 1 unspecified atom stereocenters. The molecule has 4 heterocycles. The number of aromatic amines is 1. The molecule has 0 bridgehead atoms. The fourth-order valence-electron chi connectivity index (χ4n) is 3.85. The normalized spacial score (nSPS) is 16.6. The zero-order chi connectivity index (χ0) is 22.1. The van der Waals surface area contributed by atoms with Crippen molar-refractivity contribution in [1.29, 1.82) is 5.26 Å². The Kier molecular flexibility index (Phi) is 5.20. The van der Waals surface area contributed by atoms with E-state index in [1.54, 1.807) is 6.07 Å². The highest BCUT2D eigenvalue weighted by Gasteiger charge is 2.27. The highest BCUT2D eigenvalue weighted by molar-refractivity contribution is 6.01. The Hall–Kier alpha value is -3.91. The summed E-state index contributed by atoms with van der Waals surface area (Å²) in [5, 5.41) is 13.7. The molecule has 0 radical (unpaired) electrons. The van der Waals surface area contributed by atoms with Gasteiger partial charge < -0.3 is 19.1 Å². The van der Waals surface area contributed by atoms with Gasteiger partial charge in [-0.15, -0.1) is 0 Å². The molecule has 1 aromatic carbocycles. The van der Waals surface area contributed by atoms with E-state index in [4.69, 9.17) is 4.74 Å². The standard InChI is InChI=1S/C21H17F2N7O2/c22-18(23)21-28-16(29-32-21)7-14-10-30(4-5-31-14)20-17-15(9-25-19(17)26-11-27-20)13-3-1-2-12(6-13)8-24/h1-3,6,9,11,14,18H,4-5,7,10H2,(H,25,26,27). The average molecular weight is 437 g/mol. The van der Waals surface area contributed by atoms with E-state index in [9.17, 15) is 14.0 Å². The number of alkyl halides is 2. The number of nitriles is 1. The zero-order valence-electron chi connectivity index (χ0n) is 16.7. The maximum atomic E-state index is 12.7. The number of aromatic nitrogens is 5. The van der Waals surface area contributed by atoms with E-state index >= 15 is 0 Å². The highest BCUT2D eigenvalue weighted by Crippen LogP contribution is 2.34. The number of benzene rings is 1. The molecule has 162 valence electrons. The number of rotatable bonds is 5. The predicted octanol–water partition coefficient (Wildman–Crippen LogP) is 3.27. The van der Waals surface area contributed by atoms with Crippen LogP contribution < -0.4 is 4.90 Å². The lowest BCUT2D eigenvalue weighted by Crippen LogP contribution is -2.44. The molecule has 1 aliphatic heterocycles. The third-order valence-electron chi connectivity index (χ3n) is 5.27. The quantitative estimate of drug-likeness (QED) is 0.506. The number of fused-ring (bicyclic) bond motifs is 1. The summed E-state index contributed by atoms with van der Waals surface area (Å²) in [6.45, 7) is 1.49. The summed E-state index contributed by atoms with van der Waals surface area (Å²) >= 11 is 0. The number of ether oxygens (including phenoxy) is 1. The summed E-state index contributed by atoms with van der Waals surface area (Å²) in [5.41, 5.74) is 3.00. The van der Waals surface area contributed by atoms with Crippen LogP contribution in [0.1, 0.15) is 23.7 Å². The third-order valence-corrected chi connectivity index (χ3v) is 5.27. The number of halogens is 2. The van der Waals surface area contributed by atoms with Crippen LogP contribution in [0.2, 0.25) is 0 Å². The van der Waals surface area contributed by atoms with Gasteiger partial charge in [0.1, 0.15) is 17.8 Å². The molecule has 0 amide bonds. The van der Waals surface area contributed by atoms with Crippen molar-refractivity contribution in [3.05, 3.63) is 54.1 Å². The lowest BCUT2D eigenvalue weighted by atomic mass is 10.0. The number of anilines is 1. The molecule has 4 aromatic rings. The Labute approximate surface area is 180 Å². The van der Waals surface area contributed by atoms with Crippen molar-refractivity contribution in [1.82, 2.24) is 25.1 Å². The van der Waals surface area contributed by atoms with E-state index in [1.807, 2.05) is 24.4 Å². The first kappa shape index (κ1) is 20.0. The summed E-state index contributed by atoms with van der Waals surface area (Å²) in [6, 6.07) is 9.49. The van der Waals surface area contributed by atoms with Gasteiger partial charge in [-0.25, -0.2) is 9.97 Å². The summed E-state index contributed by atoms with van der Waals surface area (Å²) in [4.78, 5) is 17.8. The van der Waals surface area contributed by atoms with Crippen LogP contribution in [0.3, 0.4) is 0 Å². The molecule has 3 aromatic heterocycles.